The highest BCUT2D eigenvalue weighted by Crippen LogP contribution is 2.05. The topological polar surface area (TPSA) is 171 Å². The molecule has 0 aliphatic heterocycles. The molecule has 0 spiro atoms. The van der Waals surface area contributed by atoms with Gasteiger partial charge in [-0.15, -0.1) is 0 Å². The standard InChI is InChI=1S/C18H34N4O6S2/c1-9(2)7-11(19)15(24)22-14(10(3)23)17(26)21-13(8-29)16(25)20-12(18(27)28)5-6-30-4/h9-14,23,29H,5-8,19H2,1-4H3,(H,20,25)(H,21,26)(H,22,24)(H,27,28). The predicted octanol–water partition coefficient (Wildman–Crippen LogP) is -1.04. The van der Waals surface area contributed by atoms with Gasteiger partial charge in [0.1, 0.15) is 18.1 Å². The first-order chi connectivity index (χ1) is 13.9. The third kappa shape index (κ3) is 10.5. The number of nitrogens with two attached hydrogens (primary N) is 1. The number of thioether (sulfide) groups is 1. The minimum absolute atomic E-state index is 0.111. The van der Waals surface area contributed by atoms with E-state index < -0.39 is 54.0 Å². The van der Waals surface area contributed by atoms with Gasteiger partial charge < -0.3 is 31.9 Å². The molecule has 5 unspecified atom stereocenters. The van der Waals surface area contributed by atoms with E-state index in [2.05, 4.69) is 28.6 Å². The second kappa shape index (κ2) is 14.5. The molecule has 0 aliphatic rings. The van der Waals surface area contributed by atoms with Crippen LogP contribution in [0.3, 0.4) is 0 Å². The molecule has 0 saturated heterocycles. The number of carbonyl (C=O) groups excluding carboxylic acids is 3. The number of aliphatic hydroxyl groups excluding tert-OH is 1. The fraction of sp³-hybridized carbons (Fsp3) is 0.778. The van der Waals surface area contributed by atoms with Crippen molar-refractivity contribution in [3.05, 3.63) is 0 Å². The van der Waals surface area contributed by atoms with Crippen LogP contribution >= 0.6 is 24.4 Å². The first-order valence-electron chi connectivity index (χ1n) is 9.61. The lowest BCUT2D eigenvalue weighted by Crippen LogP contribution is -2.60. The summed E-state index contributed by atoms with van der Waals surface area (Å²) < 4.78 is 0. The molecule has 0 aliphatic carbocycles. The molecule has 12 heteroatoms. The Hall–Kier alpha value is -1.50. The maximum Gasteiger partial charge on any atom is 0.326 e. The smallest absolute Gasteiger partial charge is 0.326 e. The molecule has 7 N–H and O–H groups in total. The van der Waals surface area contributed by atoms with Gasteiger partial charge in [0, 0.05) is 5.75 Å². The minimum atomic E-state index is -1.34. The zero-order valence-electron chi connectivity index (χ0n) is 17.8. The van der Waals surface area contributed by atoms with Crippen LogP contribution in [-0.2, 0) is 19.2 Å². The van der Waals surface area contributed by atoms with Crippen molar-refractivity contribution in [1.29, 1.82) is 0 Å². The molecule has 0 rings (SSSR count). The van der Waals surface area contributed by atoms with E-state index >= 15 is 0 Å². The van der Waals surface area contributed by atoms with Gasteiger partial charge in [0.15, 0.2) is 0 Å². The molecule has 0 fully saturated rings. The number of nitrogens with one attached hydrogen (secondary N) is 3. The molecule has 0 radical (unpaired) electrons. The Morgan fingerprint density at radius 1 is 1.00 bits per heavy atom. The molecule has 174 valence electrons. The van der Waals surface area contributed by atoms with Gasteiger partial charge in [-0.05, 0) is 37.7 Å². The Bertz CT molecular complexity index is 591. The summed E-state index contributed by atoms with van der Waals surface area (Å²) in [5, 5.41) is 26.3. The molecule has 0 saturated carbocycles. The molecule has 0 heterocycles. The molecule has 30 heavy (non-hydrogen) atoms. The molecule has 3 amide bonds. The lowest BCUT2D eigenvalue weighted by atomic mass is 10.0. The van der Waals surface area contributed by atoms with Crippen molar-refractivity contribution < 1.29 is 29.4 Å². The SMILES string of the molecule is CSCCC(NC(=O)C(CS)NC(=O)C(NC(=O)C(N)CC(C)C)C(C)O)C(=O)O. The van der Waals surface area contributed by atoms with Crippen LogP contribution in [0.15, 0.2) is 0 Å². The van der Waals surface area contributed by atoms with Gasteiger partial charge in [0.05, 0.1) is 12.1 Å². The lowest BCUT2D eigenvalue weighted by Gasteiger charge is -2.26. The van der Waals surface area contributed by atoms with E-state index in [-0.39, 0.29) is 18.1 Å². The Morgan fingerprint density at radius 2 is 1.57 bits per heavy atom. The third-order valence-corrected chi connectivity index (χ3v) is 5.17. The number of thiol groups is 1. The number of carboxylic acids is 1. The highest BCUT2D eigenvalue weighted by molar-refractivity contribution is 7.98. The molecule has 0 bridgehead atoms. The average Bonchev–Trinajstić information content (AvgIpc) is 2.65. The Morgan fingerprint density at radius 3 is 2.00 bits per heavy atom. The predicted molar refractivity (Wildman–Crippen MR) is 119 cm³/mol. The highest BCUT2D eigenvalue weighted by Gasteiger charge is 2.32. The number of aliphatic carboxylic acids is 1. The van der Waals surface area contributed by atoms with E-state index in [1.54, 1.807) is 0 Å². The lowest BCUT2D eigenvalue weighted by molar-refractivity contribution is -0.142. The van der Waals surface area contributed by atoms with E-state index in [1.165, 1.54) is 18.7 Å². The van der Waals surface area contributed by atoms with Crippen molar-refractivity contribution in [2.24, 2.45) is 11.7 Å². The molecule has 0 aromatic heterocycles. The van der Waals surface area contributed by atoms with Crippen LogP contribution in [0.1, 0.15) is 33.6 Å². The summed E-state index contributed by atoms with van der Waals surface area (Å²) in [7, 11) is 0. The second-order valence-corrected chi connectivity index (χ2v) is 8.74. The summed E-state index contributed by atoms with van der Waals surface area (Å²) in [5.41, 5.74) is 5.81. The van der Waals surface area contributed by atoms with Crippen LogP contribution in [0.4, 0.5) is 0 Å². The number of rotatable bonds is 14. The summed E-state index contributed by atoms with van der Waals surface area (Å²) >= 11 is 5.48. The zero-order chi connectivity index (χ0) is 23.4. The van der Waals surface area contributed by atoms with Crippen LogP contribution in [0.2, 0.25) is 0 Å². The normalized spacial score (nSPS) is 16.1. The maximum atomic E-state index is 12.6. The van der Waals surface area contributed by atoms with E-state index in [0.717, 1.165) is 0 Å². The molecule has 0 aromatic rings. The fourth-order valence-electron chi connectivity index (χ4n) is 2.50. The highest BCUT2D eigenvalue weighted by atomic mass is 32.2. The number of aliphatic hydroxyl groups is 1. The first-order valence-corrected chi connectivity index (χ1v) is 11.6. The summed E-state index contributed by atoms with van der Waals surface area (Å²) in [5.74, 6) is -2.73. The fourth-order valence-corrected chi connectivity index (χ4v) is 3.23. The van der Waals surface area contributed by atoms with Crippen molar-refractivity contribution in [2.45, 2.75) is 63.9 Å². The number of carboxylic acid groups (broad SMARTS) is 1. The average molecular weight is 467 g/mol. The summed E-state index contributed by atoms with van der Waals surface area (Å²) in [6.45, 7) is 5.11. The van der Waals surface area contributed by atoms with Gasteiger partial charge in [0.2, 0.25) is 17.7 Å². The summed E-state index contributed by atoms with van der Waals surface area (Å²) in [4.78, 5) is 48.5. The zero-order valence-corrected chi connectivity index (χ0v) is 19.5. The van der Waals surface area contributed by atoms with Crippen LogP contribution < -0.4 is 21.7 Å². The maximum absolute atomic E-state index is 12.6. The quantitative estimate of drug-likeness (QED) is 0.159. The largest absolute Gasteiger partial charge is 0.480 e. The van der Waals surface area contributed by atoms with Crippen molar-refractivity contribution >= 4 is 48.1 Å². The van der Waals surface area contributed by atoms with Crippen molar-refractivity contribution in [2.75, 3.05) is 17.8 Å². The van der Waals surface area contributed by atoms with Crippen molar-refractivity contribution in [3.63, 3.8) is 0 Å². The van der Waals surface area contributed by atoms with E-state index in [9.17, 15) is 29.4 Å². The van der Waals surface area contributed by atoms with Gasteiger partial charge in [-0.2, -0.15) is 24.4 Å². The monoisotopic (exact) mass is 466 g/mol. The van der Waals surface area contributed by atoms with Crippen LogP contribution in [0, 0.1) is 5.92 Å². The van der Waals surface area contributed by atoms with Crippen molar-refractivity contribution in [1.82, 2.24) is 16.0 Å². The van der Waals surface area contributed by atoms with Gasteiger partial charge >= 0.3 is 5.97 Å². The van der Waals surface area contributed by atoms with Crippen LogP contribution in [-0.4, -0.2) is 81.9 Å². The van der Waals surface area contributed by atoms with E-state index in [0.29, 0.717) is 12.2 Å². The van der Waals surface area contributed by atoms with Gasteiger partial charge in [-0.25, -0.2) is 4.79 Å². The number of amides is 3. The first kappa shape index (κ1) is 28.5. The Balaban J connectivity index is 5.11. The number of hydrogen-bond donors (Lipinski definition) is 7. The third-order valence-electron chi connectivity index (χ3n) is 4.17. The molecule has 10 nitrogen and oxygen atoms in total. The van der Waals surface area contributed by atoms with Crippen molar-refractivity contribution in [3.8, 4) is 0 Å². The molecule has 0 aromatic carbocycles. The Labute approximate surface area is 186 Å². The van der Waals surface area contributed by atoms with E-state index in [1.807, 2.05) is 20.1 Å². The second-order valence-electron chi connectivity index (χ2n) is 7.39. The van der Waals surface area contributed by atoms with E-state index in [4.69, 9.17) is 5.73 Å². The van der Waals surface area contributed by atoms with Gasteiger partial charge in [-0.3, -0.25) is 14.4 Å². The molecule has 5 atom stereocenters. The van der Waals surface area contributed by atoms with Crippen LogP contribution in [0.5, 0.6) is 0 Å². The van der Waals surface area contributed by atoms with Gasteiger partial charge in [0.25, 0.3) is 0 Å². The summed E-state index contributed by atoms with van der Waals surface area (Å²) in [6, 6.07) is -4.45. The number of hydrogen-bond acceptors (Lipinski definition) is 8. The van der Waals surface area contributed by atoms with Gasteiger partial charge in [-0.1, -0.05) is 13.8 Å². The Kier molecular flexibility index (Phi) is 13.8. The summed E-state index contributed by atoms with van der Waals surface area (Å²) in [6.07, 6.45) is 1.18. The molecular formula is C18H34N4O6S2. The minimum Gasteiger partial charge on any atom is -0.480 e. The molecular weight excluding hydrogens is 432 g/mol. The number of carbonyl (C=O) groups is 4. The van der Waals surface area contributed by atoms with Crippen LogP contribution in [0.25, 0.3) is 0 Å².